The average Bonchev–Trinajstić information content (AvgIpc) is 2.76. The highest BCUT2D eigenvalue weighted by atomic mass is 16.5. The Kier molecular flexibility index (Phi) is 7.94. The fraction of sp³-hybridized carbons (Fsp3) is 0.458. The van der Waals surface area contributed by atoms with Gasteiger partial charge in [-0.1, -0.05) is 24.3 Å². The summed E-state index contributed by atoms with van der Waals surface area (Å²) in [6, 6.07) is 16.1. The molecule has 0 atom stereocenters. The van der Waals surface area contributed by atoms with Crippen molar-refractivity contribution in [1.29, 1.82) is 0 Å². The minimum absolute atomic E-state index is 0.213. The summed E-state index contributed by atoms with van der Waals surface area (Å²) in [6.45, 7) is 7.22. The number of rotatable bonds is 9. The molecule has 5 nitrogen and oxygen atoms in total. The lowest BCUT2D eigenvalue weighted by Crippen LogP contribution is -2.49. The molecule has 0 radical (unpaired) electrons. The van der Waals surface area contributed by atoms with Crippen molar-refractivity contribution in [3.8, 4) is 11.5 Å². The monoisotopic (exact) mass is 396 g/mol. The van der Waals surface area contributed by atoms with Crippen molar-refractivity contribution in [2.45, 2.75) is 26.2 Å². The number of nitrogens with zero attached hydrogens (tertiary/aromatic N) is 2. The van der Waals surface area contributed by atoms with Crippen LogP contribution in [0.25, 0.3) is 0 Å². The third-order valence-electron chi connectivity index (χ3n) is 5.39. The minimum Gasteiger partial charge on any atom is -0.497 e. The quantitative estimate of drug-likeness (QED) is 0.651. The van der Waals surface area contributed by atoms with Gasteiger partial charge < -0.3 is 14.4 Å². The summed E-state index contributed by atoms with van der Waals surface area (Å²) in [6.07, 6.45) is 2.63. The second-order valence-electron chi connectivity index (χ2n) is 7.43. The van der Waals surface area contributed by atoms with Crippen LogP contribution in [0.4, 0.5) is 0 Å². The summed E-state index contributed by atoms with van der Waals surface area (Å²) in [4.78, 5) is 17.1. The minimum atomic E-state index is 0.213. The summed E-state index contributed by atoms with van der Waals surface area (Å²) in [5.41, 5.74) is 2.35. The van der Waals surface area contributed by atoms with E-state index in [0.717, 1.165) is 62.6 Å². The first-order chi connectivity index (χ1) is 14.2. The van der Waals surface area contributed by atoms with E-state index >= 15 is 0 Å². The van der Waals surface area contributed by atoms with Crippen molar-refractivity contribution < 1.29 is 14.3 Å². The summed E-state index contributed by atoms with van der Waals surface area (Å²) in [5.74, 6) is 1.98. The normalized spacial score (nSPS) is 14.6. The van der Waals surface area contributed by atoms with Gasteiger partial charge in [0.05, 0.1) is 20.1 Å². The van der Waals surface area contributed by atoms with Gasteiger partial charge in [-0.25, -0.2) is 0 Å². The molecule has 0 unspecified atom stereocenters. The van der Waals surface area contributed by atoms with Gasteiger partial charge in [0.1, 0.15) is 11.5 Å². The van der Waals surface area contributed by atoms with Gasteiger partial charge in [-0.2, -0.15) is 0 Å². The number of benzene rings is 2. The molecule has 1 aliphatic rings. The number of carbonyl (C=O) groups is 1. The first kappa shape index (κ1) is 21.2. The lowest BCUT2D eigenvalue weighted by molar-refractivity contribution is -0.132. The molecule has 1 heterocycles. The van der Waals surface area contributed by atoms with E-state index in [9.17, 15) is 4.79 Å². The SMILES string of the molecule is CCOc1ccc(CC(=O)N2CCN(CCCc3cccc(OC)c3)CC2)cc1. The molecule has 0 N–H and O–H groups in total. The molecule has 1 fully saturated rings. The van der Waals surface area contributed by atoms with E-state index in [-0.39, 0.29) is 5.91 Å². The first-order valence-corrected chi connectivity index (χ1v) is 10.5. The van der Waals surface area contributed by atoms with E-state index in [1.54, 1.807) is 7.11 Å². The molecular formula is C24H32N2O3. The zero-order chi connectivity index (χ0) is 20.5. The summed E-state index contributed by atoms with van der Waals surface area (Å²) in [7, 11) is 1.70. The van der Waals surface area contributed by atoms with Crippen LogP contribution in [-0.2, 0) is 17.6 Å². The predicted octanol–water partition coefficient (Wildman–Crippen LogP) is 3.41. The average molecular weight is 397 g/mol. The largest absolute Gasteiger partial charge is 0.497 e. The number of aryl methyl sites for hydroxylation is 1. The second kappa shape index (κ2) is 10.9. The Balaban J connectivity index is 1.37. The molecule has 5 heteroatoms. The number of carbonyl (C=O) groups excluding carboxylic acids is 1. The first-order valence-electron chi connectivity index (χ1n) is 10.5. The standard InChI is InChI=1S/C24H32N2O3/c1-3-29-22-11-9-21(10-12-22)19-24(27)26-16-14-25(15-17-26)13-5-7-20-6-4-8-23(18-20)28-2/h4,6,8-12,18H,3,5,7,13-17,19H2,1-2H3. The van der Waals surface area contributed by atoms with Crippen LogP contribution >= 0.6 is 0 Å². The molecule has 1 saturated heterocycles. The lowest BCUT2D eigenvalue weighted by Gasteiger charge is -2.34. The fourth-order valence-corrected chi connectivity index (χ4v) is 3.71. The molecule has 3 rings (SSSR count). The highest BCUT2D eigenvalue weighted by Crippen LogP contribution is 2.15. The van der Waals surface area contributed by atoms with Gasteiger partial charge in [0, 0.05) is 26.2 Å². The summed E-state index contributed by atoms with van der Waals surface area (Å²) >= 11 is 0. The third kappa shape index (κ3) is 6.50. The maximum absolute atomic E-state index is 12.6. The van der Waals surface area contributed by atoms with E-state index in [2.05, 4.69) is 17.0 Å². The fourth-order valence-electron chi connectivity index (χ4n) is 3.71. The second-order valence-corrected chi connectivity index (χ2v) is 7.43. The third-order valence-corrected chi connectivity index (χ3v) is 5.39. The molecule has 29 heavy (non-hydrogen) atoms. The van der Waals surface area contributed by atoms with Crippen LogP contribution < -0.4 is 9.47 Å². The smallest absolute Gasteiger partial charge is 0.227 e. The molecule has 156 valence electrons. The Hall–Kier alpha value is -2.53. The molecule has 2 aromatic rings. The van der Waals surface area contributed by atoms with Gasteiger partial charge in [-0.15, -0.1) is 0 Å². The van der Waals surface area contributed by atoms with Gasteiger partial charge in [0.15, 0.2) is 0 Å². The summed E-state index contributed by atoms with van der Waals surface area (Å²) < 4.78 is 10.7. The predicted molar refractivity (Wildman–Crippen MR) is 116 cm³/mol. The van der Waals surface area contributed by atoms with Gasteiger partial charge in [-0.3, -0.25) is 9.69 Å². The van der Waals surface area contributed by atoms with Crippen molar-refractivity contribution in [1.82, 2.24) is 9.80 Å². The summed E-state index contributed by atoms with van der Waals surface area (Å²) in [5, 5.41) is 0. The van der Waals surface area contributed by atoms with Crippen LogP contribution in [0.1, 0.15) is 24.5 Å². The van der Waals surface area contributed by atoms with Gasteiger partial charge >= 0.3 is 0 Å². The highest BCUT2D eigenvalue weighted by Gasteiger charge is 2.20. The number of methoxy groups -OCH3 is 1. The molecule has 2 aromatic carbocycles. The van der Waals surface area contributed by atoms with Crippen LogP contribution in [0, 0.1) is 0 Å². The number of amides is 1. The van der Waals surface area contributed by atoms with Crippen molar-refractivity contribution in [3.05, 3.63) is 59.7 Å². The van der Waals surface area contributed by atoms with Crippen molar-refractivity contribution in [2.75, 3.05) is 46.4 Å². The highest BCUT2D eigenvalue weighted by molar-refractivity contribution is 5.79. The molecule has 0 saturated carbocycles. The van der Waals surface area contributed by atoms with Crippen LogP contribution in [0.15, 0.2) is 48.5 Å². The Morgan fingerprint density at radius 3 is 2.41 bits per heavy atom. The van der Waals surface area contributed by atoms with E-state index in [0.29, 0.717) is 13.0 Å². The van der Waals surface area contributed by atoms with E-state index in [4.69, 9.17) is 9.47 Å². The molecule has 0 bridgehead atoms. The zero-order valence-corrected chi connectivity index (χ0v) is 17.6. The molecule has 1 aliphatic heterocycles. The van der Waals surface area contributed by atoms with Crippen LogP contribution in [0.5, 0.6) is 11.5 Å². The molecule has 0 aliphatic carbocycles. The van der Waals surface area contributed by atoms with Crippen molar-refractivity contribution in [2.24, 2.45) is 0 Å². The Morgan fingerprint density at radius 2 is 1.72 bits per heavy atom. The van der Waals surface area contributed by atoms with E-state index < -0.39 is 0 Å². The Bertz CT molecular complexity index is 768. The molecule has 0 aromatic heterocycles. The number of hydrogen-bond donors (Lipinski definition) is 0. The molecule has 1 amide bonds. The van der Waals surface area contributed by atoms with Crippen LogP contribution in [-0.4, -0.2) is 62.1 Å². The van der Waals surface area contributed by atoms with Crippen LogP contribution in [0.2, 0.25) is 0 Å². The van der Waals surface area contributed by atoms with E-state index in [1.807, 2.05) is 48.2 Å². The van der Waals surface area contributed by atoms with E-state index in [1.165, 1.54) is 5.56 Å². The van der Waals surface area contributed by atoms with Gasteiger partial charge in [-0.05, 0) is 61.7 Å². The number of piperazine rings is 1. The van der Waals surface area contributed by atoms with Crippen molar-refractivity contribution in [3.63, 3.8) is 0 Å². The van der Waals surface area contributed by atoms with Crippen LogP contribution in [0.3, 0.4) is 0 Å². The molecule has 0 spiro atoms. The lowest BCUT2D eigenvalue weighted by atomic mass is 10.1. The number of ether oxygens (including phenoxy) is 2. The maximum atomic E-state index is 12.6. The zero-order valence-electron chi connectivity index (χ0n) is 17.6. The van der Waals surface area contributed by atoms with Gasteiger partial charge in [0.25, 0.3) is 0 Å². The van der Waals surface area contributed by atoms with Crippen molar-refractivity contribution >= 4 is 5.91 Å². The Morgan fingerprint density at radius 1 is 0.966 bits per heavy atom. The maximum Gasteiger partial charge on any atom is 0.227 e. The topological polar surface area (TPSA) is 42.0 Å². The van der Waals surface area contributed by atoms with Gasteiger partial charge in [0.2, 0.25) is 5.91 Å². The number of hydrogen-bond acceptors (Lipinski definition) is 4. The Labute approximate surface area is 174 Å². The molecular weight excluding hydrogens is 364 g/mol.